The van der Waals surface area contributed by atoms with Crippen molar-refractivity contribution >= 4 is 28.9 Å². The number of halogens is 1. The quantitative estimate of drug-likeness (QED) is 0.863. The molecule has 0 radical (unpaired) electrons. The van der Waals surface area contributed by atoms with Gasteiger partial charge in [-0.25, -0.2) is 0 Å². The van der Waals surface area contributed by atoms with Gasteiger partial charge in [-0.2, -0.15) is 0 Å². The zero-order valence-electron chi connectivity index (χ0n) is 13.4. The number of nitrogens with one attached hydrogen (secondary N) is 2. The Bertz CT molecular complexity index is 687. The van der Waals surface area contributed by atoms with Crippen molar-refractivity contribution in [3.63, 3.8) is 0 Å². The van der Waals surface area contributed by atoms with Gasteiger partial charge in [0.25, 0.3) is 0 Å². The first-order valence-electron chi connectivity index (χ1n) is 7.24. The largest absolute Gasteiger partial charge is 0.376 e. The minimum Gasteiger partial charge on any atom is -0.376 e. The molecule has 0 spiro atoms. The Balaban J connectivity index is 2.03. The third-order valence-corrected chi connectivity index (χ3v) is 3.81. The SMILES string of the molecule is Cc1cc(C)c(NCC(=O)Nc2cc(Cl)ccc2C)c(C)c1. The molecule has 0 aliphatic carbocycles. The molecule has 0 fully saturated rings. The summed E-state index contributed by atoms with van der Waals surface area (Å²) in [6.07, 6.45) is 0. The molecule has 2 rings (SSSR count). The lowest BCUT2D eigenvalue weighted by molar-refractivity contribution is -0.114. The van der Waals surface area contributed by atoms with Gasteiger partial charge >= 0.3 is 0 Å². The second-order valence-electron chi connectivity index (χ2n) is 5.63. The number of aryl methyl sites for hydroxylation is 4. The van der Waals surface area contributed by atoms with Gasteiger partial charge in [0.1, 0.15) is 0 Å². The van der Waals surface area contributed by atoms with Gasteiger partial charge in [0.2, 0.25) is 5.91 Å². The van der Waals surface area contributed by atoms with Crippen LogP contribution in [0.4, 0.5) is 11.4 Å². The highest BCUT2D eigenvalue weighted by molar-refractivity contribution is 6.31. The average molecular weight is 317 g/mol. The Kier molecular flexibility index (Phi) is 5.09. The lowest BCUT2D eigenvalue weighted by Crippen LogP contribution is -2.22. The Labute approximate surface area is 136 Å². The van der Waals surface area contributed by atoms with E-state index in [9.17, 15) is 4.79 Å². The molecule has 2 aromatic carbocycles. The number of carbonyl (C=O) groups is 1. The first-order chi connectivity index (χ1) is 10.4. The maximum absolute atomic E-state index is 12.1. The summed E-state index contributed by atoms with van der Waals surface area (Å²) >= 11 is 5.96. The van der Waals surface area contributed by atoms with E-state index in [4.69, 9.17) is 11.6 Å². The van der Waals surface area contributed by atoms with Gasteiger partial charge in [0, 0.05) is 16.4 Å². The molecule has 1 amide bonds. The molecule has 0 heterocycles. The Morgan fingerprint density at radius 3 is 2.27 bits per heavy atom. The van der Waals surface area contributed by atoms with E-state index in [-0.39, 0.29) is 12.5 Å². The molecule has 116 valence electrons. The number of carbonyl (C=O) groups excluding carboxylic acids is 1. The molecule has 0 unspecified atom stereocenters. The number of hydrogen-bond donors (Lipinski definition) is 2. The van der Waals surface area contributed by atoms with E-state index in [1.165, 1.54) is 5.56 Å². The third kappa shape index (κ3) is 4.01. The zero-order chi connectivity index (χ0) is 16.3. The van der Waals surface area contributed by atoms with Crippen molar-refractivity contribution in [3.05, 3.63) is 57.6 Å². The minimum absolute atomic E-state index is 0.0928. The highest BCUT2D eigenvalue weighted by atomic mass is 35.5. The van der Waals surface area contributed by atoms with Crippen molar-refractivity contribution in [1.29, 1.82) is 0 Å². The van der Waals surface area contributed by atoms with Crippen LogP contribution < -0.4 is 10.6 Å². The molecule has 0 aliphatic heterocycles. The van der Waals surface area contributed by atoms with Gasteiger partial charge in [-0.3, -0.25) is 4.79 Å². The van der Waals surface area contributed by atoms with Crippen LogP contribution >= 0.6 is 11.6 Å². The summed E-state index contributed by atoms with van der Waals surface area (Å²) < 4.78 is 0. The molecule has 0 aliphatic rings. The lowest BCUT2D eigenvalue weighted by atomic mass is 10.1. The standard InChI is InChI=1S/C18H21ClN2O/c1-11-7-13(3)18(14(4)8-11)20-10-17(22)21-16-9-15(19)6-5-12(16)2/h5-9,20H,10H2,1-4H3,(H,21,22). The first-order valence-corrected chi connectivity index (χ1v) is 7.62. The summed E-state index contributed by atoms with van der Waals surface area (Å²) in [6.45, 7) is 8.31. The van der Waals surface area contributed by atoms with Gasteiger partial charge < -0.3 is 10.6 Å². The summed E-state index contributed by atoms with van der Waals surface area (Å²) in [7, 11) is 0. The van der Waals surface area contributed by atoms with Gasteiger partial charge in [0.15, 0.2) is 0 Å². The molecular weight excluding hydrogens is 296 g/mol. The van der Waals surface area contributed by atoms with Crippen molar-refractivity contribution in [2.75, 3.05) is 17.2 Å². The monoisotopic (exact) mass is 316 g/mol. The fraction of sp³-hybridized carbons (Fsp3) is 0.278. The summed E-state index contributed by atoms with van der Waals surface area (Å²) in [5.41, 5.74) is 6.26. The topological polar surface area (TPSA) is 41.1 Å². The van der Waals surface area contributed by atoms with Crippen molar-refractivity contribution < 1.29 is 4.79 Å². The summed E-state index contributed by atoms with van der Waals surface area (Å²) in [4.78, 5) is 12.1. The van der Waals surface area contributed by atoms with Crippen molar-refractivity contribution in [2.24, 2.45) is 0 Å². The first kappa shape index (κ1) is 16.4. The van der Waals surface area contributed by atoms with Gasteiger partial charge in [0.05, 0.1) is 6.54 Å². The number of rotatable bonds is 4. The molecule has 0 aromatic heterocycles. The molecule has 2 aromatic rings. The maximum Gasteiger partial charge on any atom is 0.243 e. The van der Waals surface area contributed by atoms with E-state index in [2.05, 4.69) is 29.7 Å². The molecular formula is C18H21ClN2O. The van der Waals surface area contributed by atoms with Gasteiger partial charge in [-0.1, -0.05) is 35.4 Å². The normalized spacial score (nSPS) is 10.4. The van der Waals surface area contributed by atoms with E-state index in [0.29, 0.717) is 5.02 Å². The second-order valence-corrected chi connectivity index (χ2v) is 6.07. The summed E-state index contributed by atoms with van der Waals surface area (Å²) in [5.74, 6) is -0.0928. The van der Waals surface area contributed by atoms with E-state index in [0.717, 1.165) is 28.1 Å². The molecule has 0 saturated heterocycles. The van der Waals surface area contributed by atoms with E-state index in [1.807, 2.05) is 32.9 Å². The van der Waals surface area contributed by atoms with Crippen LogP contribution in [0, 0.1) is 27.7 Å². The smallest absolute Gasteiger partial charge is 0.243 e. The number of benzene rings is 2. The highest BCUT2D eigenvalue weighted by Crippen LogP contribution is 2.22. The predicted octanol–water partition coefficient (Wildman–Crippen LogP) is 4.62. The molecule has 0 saturated carbocycles. The van der Waals surface area contributed by atoms with E-state index in [1.54, 1.807) is 6.07 Å². The van der Waals surface area contributed by atoms with Gasteiger partial charge in [-0.05, 0) is 56.5 Å². The highest BCUT2D eigenvalue weighted by Gasteiger charge is 2.08. The van der Waals surface area contributed by atoms with Crippen LogP contribution in [-0.4, -0.2) is 12.5 Å². The van der Waals surface area contributed by atoms with Crippen LogP contribution in [-0.2, 0) is 4.79 Å². The molecule has 0 bridgehead atoms. The van der Waals surface area contributed by atoms with E-state index < -0.39 is 0 Å². The molecule has 4 heteroatoms. The number of hydrogen-bond acceptors (Lipinski definition) is 2. The summed E-state index contributed by atoms with van der Waals surface area (Å²) in [6, 6.07) is 9.67. The van der Waals surface area contributed by atoms with Crippen molar-refractivity contribution in [2.45, 2.75) is 27.7 Å². The van der Waals surface area contributed by atoms with Crippen LogP contribution in [0.15, 0.2) is 30.3 Å². The van der Waals surface area contributed by atoms with Crippen LogP contribution in [0.3, 0.4) is 0 Å². The van der Waals surface area contributed by atoms with Gasteiger partial charge in [-0.15, -0.1) is 0 Å². The number of anilines is 2. The molecule has 0 atom stereocenters. The summed E-state index contributed by atoms with van der Waals surface area (Å²) in [5, 5.41) is 6.71. The second kappa shape index (κ2) is 6.84. The fourth-order valence-corrected chi connectivity index (χ4v) is 2.72. The lowest BCUT2D eigenvalue weighted by Gasteiger charge is -2.14. The van der Waals surface area contributed by atoms with Crippen LogP contribution in [0.1, 0.15) is 22.3 Å². The molecule has 2 N–H and O–H groups in total. The van der Waals surface area contributed by atoms with Crippen LogP contribution in [0.2, 0.25) is 5.02 Å². The predicted molar refractivity (Wildman–Crippen MR) is 94.0 cm³/mol. The minimum atomic E-state index is -0.0928. The maximum atomic E-state index is 12.1. The van der Waals surface area contributed by atoms with Crippen molar-refractivity contribution in [3.8, 4) is 0 Å². The fourth-order valence-electron chi connectivity index (χ4n) is 2.55. The van der Waals surface area contributed by atoms with Crippen LogP contribution in [0.5, 0.6) is 0 Å². The Morgan fingerprint density at radius 2 is 1.64 bits per heavy atom. The Morgan fingerprint density at radius 1 is 1.00 bits per heavy atom. The Hall–Kier alpha value is -2.00. The van der Waals surface area contributed by atoms with E-state index >= 15 is 0 Å². The van der Waals surface area contributed by atoms with Crippen LogP contribution in [0.25, 0.3) is 0 Å². The average Bonchev–Trinajstić information content (AvgIpc) is 2.41. The molecule has 22 heavy (non-hydrogen) atoms. The van der Waals surface area contributed by atoms with Crippen molar-refractivity contribution in [1.82, 2.24) is 0 Å². The third-order valence-electron chi connectivity index (χ3n) is 3.58. The number of amides is 1. The zero-order valence-corrected chi connectivity index (χ0v) is 14.1. The molecule has 3 nitrogen and oxygen atoms in total.